The van der Waals surface area contributed by atoms with Crippen LogP contribution < -0.4 is 16.4 Å². The van der Waals surface area contributed by atoms with E-state index in [-0.39, 0.29) is 23.5 Å². The molecule has 0 aliphatic carbocycles. The van der Waals surface area contributed by atoms with Gasteiger partial charge in [0.05, 0.1) is 11.0 Å². The van der Waals surface area contributed by atoms with E-state index in [1.54, 1.807) is 0 Å². The second-order valence-electron chi connectivity index (χ2n) is 19.2. The van der Waals surface area contributed by atoms with Gasteiger partial charge in [-0.05, 0) is 73.5 Å². The van der Waals surface area contributed by atoms with E-state index >= 15 is 0 Å². The van der Waals surface area contributed by atoms with E-state index in [0.29, 0.717) is 0 Å². The van der Waals surface area contributed by atoms with Gasteiger partial charge in [-0.25, -0.2) is 0 Å². The van der Waals surface area contributed by atoms with Crippen LogP contribution in [0.5, 0.6) is 0 Å². The number of para-hydroxylation sites is 4. The first-order valence-corrected chi connectivity index (χ1v) is 22.8. The zero-order chi connectivity index (χ0) is 42.9. The molecule has 2 aromatic heterocycles. The van der Waals surface area contributed by atoms with Crippen molar-refractivity contribution in [1.29, 1.82) is 0 Å². The van der Waals surface area contributed by atoms with Crippen molar-refractivity contribution >= 4 is 66.7 Å². The molecule has 0 saturated carbocycles. The van der Waals surface area contributed by atoms with Gasteiger partial charge < -0.3 is 9.13 Å². The molecule has 11 aromatic rings. The van der Waals surface area contributed by atoms with E-state index in [2.05, 4.69) is 243 Å². The van der Waals surface area contributed by atoms with Gasteiger partial charge in [0.15, 0.2) is 0 Å². The third-order valence-electron chi connectivity index (χ3n) is 15.3. The quantitative estimate of drug-likeness (QED) is 0.112. The Morgan fingerprint density at radius 1 is 0.375 bits per heavy atom. The average Bonchev–Trinajstić information content (AvgIpc) is 3.87. The van der Waals surface area contributed by atoms with E-state index in [1.807, 2.05) is 0 Å². The van der Waals surface area contributed by atoms with Gasteiger partial charge in [0.25, 0.3) is 6.71 Å². The molecule has 3 heteroatoms. The molecule has 0 saturated heterocycles. The fraction of sp³-hybridized carbons (Fsp3) is 0.115. The minimum absolute atomic E-state index is 0.0520. The van der Waals surface area contributed by atoms with E-state index in [4.69, 9.17) is 0 Å². The summed E-state index contributed by atoms with van der Waals surface area (Å²) in [4.78, 5) is 0. The highest BCUT2D eigenvalue weighted by Crippen LogP contribution is 2.45. The van der Waals surface area contributed by atoms with Crippen LogP contribution in [0, 0.1) is 0 Å². The Hall–Kier alpha value is -7.36. The molecule has 13 rings (SSSR count). The smallest absolute Gasteiger partial charge is 0.252 e. The Morgan fingerprint density at radius 3 is 1.31 bits per heavy atom. The van der Waals surface area contributed by atoms with Crippen molar-refractivity contribution in [2.75, 3.05) is 0 Å². The molecule has 0 radical (unpaired) electrons. The van der Waals surface area contributed by atoms with Gasteiger partial charge in [-0.15, -0.1) is 0 Å². The Kier molecular flexibility index (Phi) is 7.89. The van der Waals surface area contributed by atoms with Crippen LogP contribution in [0.4, 0.5) is 0 Å². The van der Waals surface area contributed by atoms with Crippen molar-refractivity contribution < 1.29 is 0 Å². The highest BCUT2D eigenvalue weighted by molar-refractivity contribution is 7.00. The van der Waals surface area contributed by atoms with Gasteiger partial charge in [-0.1, -0.05) is 216 Å². The Bertz CT molecular complexity index is 3550. The second kappa shape index (κ2) is 13.6. The Labute approximate surface area is 375 Å². The lowest BCUT2D eigenvalue weighted by Gasteiger charge is -2.36. The van der Waals surface area contributed by atoms with Crippen LogP contribution in [0.25, 0.3) is 55.0 Å². The molecule has 64 heavy (non-hydrogen) atoms. The summed E-state index contributed by atoms with van der Waals surface area (Å²) in [5.41, 5.74) is 20.7. The molecular formula is C61H47BN2. The van der Waals surface area contributed by atoms with Crippen molar-refractivity contribution in [3.05, 3.63) is 245 Å². The topological polar surface area (TPSA) is 9.86 Å². The van der Waals surface area contributed by atoms with Gasteiger partial charge >= 0.3 is 0 Å². The summed E-state index contributed by atoms with van der Waals surface area (Å²) < 4.78 is 5.22. The number of hydrogen-bond acceptors (Lipinski definition) is 0. The summed E-state index contributed by atoms with van der Waals surface area (Å²) in [6.07, 6.45) is 0. The molecule has 304 valence electrons. The molecule has 0 atom stereocenters. The first-order chi connectivity index (χ1) is 31.3. The van der Waals surface area contributed by atoms with Crippen LogP contribution in [0.1, 0.15) is 72.6 Å². The molecule has 9 aromatic carbocycles. The summed E-state index contributed by atoms with van der Waals surface area (Å²) in [7, 11) is 0. The van der Waals surface area contributed by atoms with E-state index in [9.17, 15) is 0 Å². The Morgan fingerprint density at radius 2 is 0.797 bits per heavy atom. The standard InChI is InChI=1S/C61H47BN2/c1-60(2,41-17-7-5-8-18-41)43-33-29-39(30-34-43)55(40-31-35-44(36-32-40)61(3,4)42-19-9-6-10-20-42)49-37-38-54-56-59(49)64-53-28-14-12-22-46(53)48-24-16-26-51(58(48)64)62(56)50-25-15-23-47-45-21-11-13-27-52(45)63(54)57(47)50/h5-38,55H,1-4H3. The zero-order valence-corrected chi connectivity index (χ0v) is 36.7. The highest BCUT2D eigenvalue weighted by atomic mass is 15.0. The number of hydrogen-bond donors (Lipinski definition) is 0. The summed E-state index contributed by atoms with van der Waals surface area (Å²) in [5.74, 6) is -0.0520. The summed E-state index contributed by atoms with van der Waals surface area (Å²) in [6, 6.07) is 78.0. The summed E-state index contributed by atoms with van der Waals surface area (Å²) in [6.45, 7) is 9.44. The van der Waals surface area contributed by atoms with Gasteiger partial charge in [0, 0.05) is 60.7 Å². The molecule has 0 spiro atoms. The molecule has 0 amide bonds. The maximum atomic E-state index is 2.65. The average molecular weight is 819 g/mol. The molecule has 4 heterocycles. The second-order valence-corrected chi connectivity index (χ2v) is 19.2. The lowest BCUT2D eigenvalue weighted by atomic mass is 9.34. The van der Waals surface area contributed by atoms with E-state index < -0.39 is 0 Å². The predicted molar refractivity (Wildman–Crippen MR) is 271 cm³/mol. The van der Waals surface area contributed by atoms with Crippen LogP contribution >= 0.6 is 0 Å². The van der Waals surface area contributed by atoms with Gasteiger partial charge in [-0.2, -0.15) is 0 Å². The van der Waals surface area contributed by atoms with Gasteiger partial charge in [0.2, 0.25) is 0 Å². The molecule has 0 N–H and O–H groups in total. The molecule has 0 unspecified atom stereocenters. The minimum Gasteiger partial charge on any atom is -0.310 e. The van der Waals surface area contributed by atoms with Crippen molar-refractivity contribution in [3.8, 4) is 11.4 Å². The third-order valence-corrected chi connectivity index (χ3v) is 15.3. The minimum atomic E-state index is -0.150. The first kappa shape index (κ1) is 37.2. The van der Waals surface area contributed by atoms with Crippen LogP contribution in [-0.2, 0) is 10.8 Å². The lowest BCUT2D eigenvalue weighted by Crippen LogP contribution is -2.59. The molecular weight excluding hydrogens is 771 g/mol. The monoisotopic (exact) mass is 818 g/mol. The van der Waals surface area contributed by atoms with Crippen molar-refractivity contribution in [2.45, 2.75) is 44.4 Å². The number of nitrogens with zero attached hydrogens (tertiary/aromatic N) is 2. The van der Waals surface area contributed by atoms with Crippen LogP contribution in [0.3, 0.4) is 0 Å². The maximum absolute atomic E-state index is 2.65. The van der Waals surface area contributed by atoms with E-state index in [1.165, 1.54) is 110 Å². The van der Waals surface area contributed by atoms with Crippen molar-refractivity contribution in [1.82, 2.24) is 9.13 Å². The SMILES string of the molecule is CC(C)(c1ccccc1)c1ccc(C(c2ccc(C(C)(C)c3ccccc3)cc2)c2ccc3c4c2-n2c5ccccc5c5cccc(c52)B4c2cccc4c5ccccc5n-3c24)cc1. The fourth-order valence-electron chi connectivity index (χ4n) is 11.9. The van der Waals surface area contributed by atoms with Gasteiger partial charge in [-0.3, -0.25) is 0 Å². The third kappa shape index (κ3) is 5.10. The molecule has 2 aliphatic heterocycles. The highest BCUT2D eigenvalue weighted by Gasteiger charge is 2.42. The van der Waals surface area contributed by atoms with E-state index in [0.717, 1.165) is 0 Å². The van der Waals surface area contributed by atoms with Gasteiger partial charge in [0.1, 0.15) is 0 Å². The first-order valence-electron chi connectivity index (χ1n) is 22.8. The summed E-state index contributed by atoms with van der Waals surface area (Å²) in [5, 5.41) is 5.22. The Balaban J connectivity index is 1.11. The molecule has 2 nitrogen and oxygen atoms in total. The molecule has 0 fully saturated rings. The lowest BCUT2D eigenvalue weighted by molar-refractivity contribution is 0.640. The normalized spacial score (nSPS) is 13.1. The molecule has 0 bridgehead atoms. The number of fused-ring (bicyclic) bond motifs is 10. The number of benzene rings is 9. The maximum Gasteiger partial charge on any atom is 0.252 e. The van der Waals surface area contributed by atoms with Crippen LogP contribution in [0.15, 0.2) is 206 Å². The fourth-order valence-corrected chi connectivity index (χ4v) is 11.9. The van der Waals surface area contributed by atoms with Crippen molar-refractivity contribution in [3.63, 3.8) is 0 Å². The van der Waals surface area contributed by atoms with Crippen LogP contribution in [-0.4, -0.2) is 15.8 Å². The number of aromatic nitrogens is 2. The predicted octanol–water partition coefficient (Wildman–Crippen LogP) is 12.9. The largest absolute Gasteiger partial charge is 0.310 e. The van der Waals surface area contributed by atoms with Crippen LogP contribution in [0.2, 0.25) is 0 Å². The summed E-state index contributed by atoms with van der Waals surface area (Å²) >= 11 is 0. The molecule has 2 aliphatic rings. The zero-order valence-electron chi connectivity index (χ0n) is 36.7. The number of rotatable bonds is 7. The van der Waals surface area contributed by atoms with Crippen molar-refractivity contribution in [2.24, 2.45) is 0 Å².